The Kier molecular flexibility index (Phi) is 3.20. The molecule has 2 aromatic rings. The first kappa shape index (κ1) is 11.9. The van der Waals surface area contributed by atoms with Crippen LogP contribution in [0, 0.1) is 0 Å². The average Bonchev–Trinajstić information content (AvgIpc) is 2.40. The molecule has 0 fully saturated rings. The van der Waals surface area contributed by atoms with Crippen molar-refractivity contribution >= 4 is 15.9 Å². The van der Waals surface area contributed by atoms with E-state index >= 15 is 0 Å². The van der Waals surface area contributed by atoms with Crippen molar-refractivity contribution in [2.75, 3.05) is 6.54 Å². The molecule has 1 heterocycles. The number of hydrogen-bond donors (Lipinski definition) is 1. The van der Waals surface area contributed by atoms with Gasteiger partial charge in [0.1, 0.15) is 0 Å². The molecular formula is C15H14BrNO. The first-order valence-electron chi connectivity index (χ1n) is 6.04. The third-order valence-corrected chi connectivity index (χ3v) is 3.97. The van der Waals surface area contributed by atoms with Crippen molar-refractivity contribution in [3.63, 3.8) is 0 Å². The third kappa shape index (κ3) is 2.09. The van der Waals surface area contributed by atoms with Crippen molar-refractivity contribution in [1.29, 1.82) is 0 Å². The van der Waals surface area contributed by atoms with E-state index in [-0.39, 0.29) is 6.04 Å². The van der Waals surface area contributed by atoms with Crippen LogP contribution >= 0.6 is 15.9 Å². The number of halogens is 1. The van der Waals surface area contributed by atoms with Crippen LogP contribution < -0.4 is 0 Å². The smallest absolute Gasteiger partial charge is 0.0852 e. The highest BCUT2D eigenvalue weighted by Gasteiger charge is 2.27. The maximum absolute atomic E-state index is 10.2. The highest BCUT2D eigenvalue weighted by molar-refractivity contribution is 9.10. The summed E-state index contributed by atoms with van der Waals surface area (Å²) in [4.78, 5) is 0. The lowest BCUT2D eigenvalue weighted by molar-refractivity contribution is -0.121. The van der Waals surface area contributed by atoms with Crippen molar-refractivity contribution in [2.45, 2.75) is 12.5 Å². The van der Waals surface area contributed by atoms with Crippen molar-refractivity contribution < 1.29 is 5.21 Å². The molecule has 0 radical (unpaired) electrons. The monoisotopic (exact) mass is 303 g/mol. The molecule has 0 bridgehead atoms. The van der Waals surface area contributed by atoms with Gasteiger partial charge in [0.25, 0.3) is 0 Å². The molecule has 92 valence electrons. The lowest BCUT2D eigenvalue weighted by atomic mass is 9.90. The van der Waals surface area contributed by atoms with E-state index in [0.29, 0.717) is 6.54 Å². The van der Waals surface area contributed by atoms with Crippen molar-refractivity contribution in [3.8, 4) is 0 Å². The van der Waals surface area contributed by atoms with Gasteiger partial charge >= 0.3 is 0 Å². The van der Waals surface area contributed by atoms with Gasteiger partial charge in [0, 0.05) is 11.0 Å². The Bertz CT molecular complexity index is 553. The minimum Gasteiger partial charge on any atom is -0.313 e. The van der Waals surface area contributed by atoms with Crippen LogP contribution in [-0.2, 0) is 6.42 Å². The van der Waals surface area contributed by atoms with E-state index in [2.05, 4.69) is 46.3 Å². The predicted molar refractivity (Wildman–Crippen MR) is 74.6 cm³/mol. The lowest BCUT2D eigenvalue weighted by Crippen LogP contribution is -2.33. The molecule has 3 heteroatoms. The highest BCUT2D eigenvalue weighted by Crippen LogP contribution is 2.34. The summed E-state index contributed by atoms with van der Waals surface area (Å²) in [5, 5.41) is 11.6. The molecule has 2 nitrogen and oxygen atoms in total. The SMILES string of the molecule is ON1CCc2ccccc2[C@@H]1c1ccc(Br)cc1. The predicted octanol–water partition coefficient (Wildman–Crippen LogP) is 3.79. The molecule has 0 amide bonds. The molecule has 18 heavy (non-hydrogen) atoms. The summed E-state index contributed by atoms with van der Waals surface area (Å²) in [7, 11) is 0. The Balaban J connectivity index is 2.07. The lowest BCUT2D eigenvalue weighted by Gasteiger charge is -2.33. The molecule has 3 rings (SSSR count). The minimum absolute atomic E-state index is 0.0527. The van der Waals surface area contributed by atoms with Gasteiger partial charge in [-0.15, -0.1) is 0 Å². The van der Waals surface area contributed by atoms with Gasteiger partial charge in [-0.1, -0.05) is 52.3 Å². The summed E-state index contributed by atoms with van der Waals surface area (Å²) in [6, 6.07) is 16.4. The van der Waals surface area contributed by atoms with E-state index in [1.54, 1.807) is 0 Å². The molecule has 2 aromatic carbocycles. The average molecular weight is 304 g/mol. The molecule has 1 atom stereocenters. The highest BCUT2D eigenvalue weighted by atomic mass is 79.9. The van der Waals surface area contributed by atoms with Crippen LogP contribution in [0.4, 0.5) is 0 Å². The second-order valence-corrected chi connectivity index (χ2v) is 5.48. The molecular weight excluding hydrogens is 290 g/mol. The molecule has 1 N–H and O–H groups in total. The van der Waals surface area contributed by atoms with Gasteiger partial charge in [-0.25, -0.2) is 0 Å². The zero-order valence-corrected chi connectivity index (χ0v) is 11.5. The summed E-state index contributed by atoms with van der Waals surface area (Å²) in [5.41, 5.74) is 3.65. The Labute approximate surface area is 115 Å². The Morgan fingerprint density at radius 2 is 1.78 bits per heavy atom. The molecule has 0 unspecified atom stereocenters. The van der Waals surface area contributed by atoms with Crippen molar-refractivity contribution in [2.24, 2.45) is 0 Å². The van der Waals surface area contributed by atoms with Crippen LogP contribution in [0.15, 0.2) is 53.0 Å². The summed E-state index contributed by atoms with van der Waals surface area (Å²) in [6.07, 6.45) is 0.902. The molecule has 1 aliphatic rings. The molecule has 0 spiro atoms. The van der Waals surface area contributed by atoms with Crippen molar-refractivity contribution in [1.82, 2.24) is 5.06 Å². The molecule has 0 saturated heterocycles. The Morgan fingerprint density at radius 1 is 1.06 bits per heavy atom. The van der Waals surface area contributed by atoms with E-state index in [4.69, 9.17) is 0 Å². The standard InChI is InChI=1S/C15H14BrNO/c16-13-7-5-12(6-8-13)15-14-4-2-1-3-11(14)9-10-17(15)18/h1-8,15,18H,9-10H2/t15-/m0/s1. The number of hydroxylamine groups is 2. The molecule has 0 aliphatic carbocycles. The third-order valence-electron chi connectivity index (χ3n) is 3.44. The maximum Gasteiger partial charge on any atom is 0.0852 e. The van der Waals surface area contributed by atoms with Crippen LogP contribution in [0.1, 0.15) is 22.7 Å². The molecule has 0 aromatic heterocycles. The van der Waals surface area contributed by atoms with Crippen LogP contribution in [0.2, 0.25) is 0 Å². The largest absolute Gasteiger partial charge is 0.313 e. The van der Waals surface area contributed by atoms with Crippen LogP contribution in [0.25, 0.3) is 0 Å². The Hall–Kier alpha value is -1.16. The van der Waals surface area contributed by atoms with Crippen molar-refractivity contribution in [3.05, 3.63) is 69.7 Å². The number of fused-ring (bicyclic) bond motifs is 1. The number of rotatable bonds is 1. The summed E-state index contributed by atoms with van der Waals surface area (Å²) < 4.78 is 1.06. The maximum atomic E-state index is 10.2. The van der Waals surface area contributed by atoms with E-state index in [9.17, 15) is 5.21 Å². The topological polar surface area (TPSA) is 23.5 Å². The van der Waals surface area contributed by atoms with Gasteiger partial charge in [-0.3, -0.25) is 0 Å². The van der Waals surface area contributed by atoms with Gasteiger partial charge in [0.2, 0.25) is 0 Å². The quantitative estimate of drug-likeness (QED) is 0.866. The zero-order chi connectivity index (χ0) is 12.5. The van der Waals surface area contributed by atoms with Crippen LogP contribution in [0.5, 0.6) is 0 Å². The normalized spacial score (nSPS) is 19.6. The van der Waals surface area contributed by atoms with Gasteiger partial charge in [-0.2, -0.15) is 5.06 Å². The van der Waals surface area contributed by atoms with E-state index in [1.165, 1.54) is 16.2 Å². The first-order chi connectivity index (χ1) is 8.75. The zero-order valence-electron chi connectivity index (χ0n) is 9.88. The fourth-order valence-corrected chi connectivity index (χ4v) is 2.81. The fraction of sp³-hybridized carbons (Fsp3) is 0.200. The van der Waals surface area contributed by atoms with Gasteiger partial charge in [0.15, 0.2) is 0 Å². The van der Waals surface area contributed by atoms with Crippen LogP contribution in [-0.4, -0.2) is 16.8 Å². The summed E-state index contributed by atoms with van der Waals surface area (Å²) in [6.45, 7) is 0.678. The Morgan fingerprint density at radius 3 is 2.56 bits per heavy atom. The second-order valence-electron chi connectivity index (χ2n) is 4.57. The number of nitrogens with zero attached hydrogens (tertiary/aromatic N) is 1. The molecule has 0 saturated carbocycles. The molecule has 1 aliphatic heterocycles. The van der Waals surface area contributed by atoms with Gasteiger partial charge in [-0.05, 0) is 35.2 Å². The summed E-state index contributed by atoms with van der Waals surface area (Å²) >= 11 is 3.44. The second kappa shape index (κ2) is 4.84. The number of hydrogen-bond acceptors (Lipinski definition) is 2. The van der Waals surface area contributed by atoms with E-state index in [0.717, 1.165) is 16.5 Å². The van der Waals surface area contributed by atoms with E-state index in [1.807, 2.05) is 18.2 Å². The minimum atomic E-state index is -0.0527. The van der Waals surface area contributed by atoms with Gasteiger partial charge < -0.3 is 5.21 Å². The van der Waals surface area contributed by atoms with E-state index < -0.39 is 0 Å². The van der Waals surface area contributed by atoms with Crippen LogP contribution in [0.3, 0.4) is 0 Å². The summed E-state index contributed by atoms with van der Waals surface area (Å²) in [5.74, 6) is 0. The first-order valence-corrected chi connectivity index (χ1v) is 6.84. The number of benzene rings is 2. The fourth-order valence-electron chi connectivity index (χ4n) is 2.55. The van der Waals surface area contributed by atoms with Gasteiger partial charge in [0.05, 0.1) is 6.04 Å².